The number of nitrogens with two attached hydrogens (primary N) is 1. The third kappa shape index (κ3) is 7.78. The summed E-state index contributed by atoms with van der Waals surface area (Å²) in [6, 6.07) is 0. The molecule has 3 N–H and O–H groups in total. The summed E-state index contributed by atoms with van der Waals surface area (Å²) in [6.45, 7) is 8.01. The molecule has 1 aromatic rings. The van der Waals surface area contributed by atoms with Crippen LogP contribution in [0.25, 0.3) is 0 Å². The van der Waals surface area contributed by atoms with E-state index in [4.69, 9.17) is 5.73 Å². The van der Waals surface area contributed by atoms with Gasteiger partial charge in [-0.1, -0.05) is 12.2 Å². The van der Waals surface area contributed by atoms with Gasteiger partial charge in [-0.2, -0.15) is 0 Å². The normalized spacial score (nSPS) is 10.8. The van der Waals surface area contributed by atoms with Crippen molar-refractivity contribution in [3.63, 3.8) is 0 Å². The molecule has 1 aromatic heterocycles. The van der Waals surface area contributed by atoms with E-state index in [1.54, 1.807) is 12.5 Å². The van der Waals surface area contributed by atoms with E-state index in [1.807, 2.05) is 17.7 Å². The third-order valence-electron chi connectivity index (χ3n) is 1.98. The Kier molecular flexibility index (Phi) is 8.47. The minimum Gasteiger partial charge on any atom is -0.370 e. The fourth-order valence-electron chi connectivity index (χ4n) is 1.17. The number of halogens is 1. The van der Waals surface area contributed by atoms with Crippen molar-refractivity contribution >= 4 is 29.9 Å². The number of aromatic nitrogens is 2. The minimum absolute atomic E-state index is 0. The molecule has 0 radical (unpaired) electrons. The van der Waals surface area contributed by atoms with E-state index >= 15 is 0 Å². The maximum atomic E-state index is 5.66. The first kappa shape index (κ1) is 16.0. The first-order valence-electron chi connectivity index (χ1n) is 5.32. The molecule has 6 heteroatoms. The molecule has 0 aliphatic rings. The fraction of sp³-hybridized carbons (Fsp3) is 0.455. The topological polar surface area (TPSA) is 68.2 Å². The number of nitrogens with one attached hydrogen (secondary N) is 1. The van der Waals surface area contributed by atoms with Gasteiger partial charge in [-0.25, -0.2) is 9.98 Å². The SMILES string of the molecule is C=C(C)CN=C(N)NCCCn1ccnc1.I. The van der Waals surface area contributed by atoms with Crippen molar-refractivity contribution in [3.8, 4) is 0 Å². The predicted molar refractivity (Wildman–Crippen MR) is 81.6 cm³/mol. The van der Waals surface area contributed by atoms with Gasteiger partial charge in [-0.3, -0.25) is 0 Å². The molecule has 96 valence electrons. The summed E-state index contributed by atoms with van der Waals surface area (Å²) in [5.74, 6) is 0.480. The summed E-state index contributed by atoms with van der Waals surface area (Å²) in [6.07, 6.45) is 6.51. The molecule has 0 aromatic carbocycles. The second kappa shape index (κ2) is 9.03. The Morgan fingerprint density at radius 1 is 1.59 bits per heavy atom. The summed E-state index contributed by atoms with van der Waals surface area (Å²) < 4.78 is 2.03. The summed E-state index contributed by atoms with van der Waals surface area (Å²) in [5.41, 5.74) is 6.66. The number of imidazole rings is 1. The molecule has 0 saturated carbocycles. The second-order valence-electron chi connectivity index (χ2n) is 3.74. The predicted octanol–water partition coefficient (Wildman–Crippen LogP) is 1.37. The molecule has 5 nitrogen and oxygen atoms in total. The Bertz CT molecular complexity index is 345. The maximum absolute atomic E-state index is 5.66. The molecule has 0 unspecified atom stereocenters. The lowest BCUT2D eigenvalue weighted by molar-refractivity contribution is 0.629. The van der Waals surface area contributed by atoms with Gasteiger partial charge in [0.25, 0.3) is 0 Å². The lowest BCUT2D eigenvalue weighted by atomic mass is 10.4. The van der Waals surface area contributed by atoms with E-state index in [0.29, 0.717) is 12.5 Å². The molecular formula is C11H20IN5. The minimum atomic E-state index is 0. The van der Waals surface area contributed by atoms with Gasteiger partial charge >= 0.3 is 0 Å². The van der Waals surface area contributed by atoms with Gasteiger partial charge in [-0.05, 0) is 13.3 Å². The molecule has 0 amide bonds. The van der Waals surface area contributed by atoms with Crippen molar-refractivity contribution < 1.29 is 0 Å². The molecule has 0 aliphatic heterocycles. The van der Waals surface area contributed by atoms with Crippen LogP contribution in [0.4, 0.5) is 0 Å². The molecule has 0 bridgehead atoms. The number of aliphatic imine (C=N–C) groups is 1. The van der Waals surface area contributed by atoms with E-state index < -0.39 is 0 Å². The molecule has 0 spiro atoms. The lowest BCUT2D eigenvalue weighted by Crippen LogP contribution is -2.33. The number of aryl methyl sites for hydroxylation is 1. The van der Waals surface area contributed by atoms with Crippen molar-refractivity contribution in [2.45, 2.75) is 19.9 Å². The average Bonchev–Trinajstić information content (AvgIpc) is 2.74. The van der Waals surface area contributed by atoms with Crippen LogP contribution in [-0.4, -0.2) is 28.6 Å². The summed E-state index contributed by atoms with van der Waals surface area (Å²) >= 11 is 0. The Labute approximate surface area is 119 Å². The monoisotopic (exact) mass is 349 g/mol. The van der Waals surface area contributed by atoms with Gasteiger partial charge in [-0.15, -0.1) is 24.0 Å². The molecule has 0 fully saturated rings. The van der Waals surface area contributed by atoms with Crippen LogP contribution in [0.2, 0.25) is 0 Å². The molecular weight excluding hydrogens is 329 g/mol. The lowest BCUT2D eigenvalue weighted by Gasteiger charge is -2.05. The van der Waals surface area contributed by atoms with Crippen LogP contribution in [0.5, 0.6) is 0 Å². The van der Waals surface area contributed by atoms with Crippen molar-refractivity contribution in [3.05, 3.63) is 30.9 Å². The van der Waals surface area contributed by atoms with Crippen LogP contribution in [0.15, 0.2) is 35.9 Å². The highest BCUT2D eigenvalue weighted by Gasteiger charge is 1.92. The Hall–Kier alpha value is -1.05. The smallest absolute Gasteiger partial charge is 0.188 e. The summed E-state index contributed by atoms with van der Waals surface area (Å²) in [4.78, 5) is 8.09. The zero-order valence-corrected chi connectivity index (χ0v) is 12.4. The van der Waals surface area contributed by atoms with Crippen molar-refractivity contribution in [2.75, 3.05) is 13.1 Å². The zero-order chi connectivity index (χ0) is 11.8. The quantitative estimate of drug-likeness (QED) is 0.268. The van der Waals surface area contributed by atoms with Crippen LogP contribution in [0.1, 0.15) is 13.3 Å². The highest BCUT2D eigenvalue weighted by molar-refractivity contribution is 14.0. The van der Waals surface area contributed by atoms with Crippen LogP contribution in [-0.2, 0) is 6.54 Å². The van der Waals surface area contributed by atoms with E-state index in [0.717, 1.165) is 25.1 Å². The Morgan fingerprint density at radius 2 is 2.35 bits per heavy atom. The highest BCUT2D eigenvalue weighted by atomic mass is 127. The van der Waals surface area contributed by atoms with Gasteiger partial charge in [0, 0.05) is 25.5 Å². The Balaban J connectivity index is 0.00000256. The van der Waals surface area contributed by atoms with Crippen LogP contribution < -0.4 is 11.1 Å². The van der Waals surface area contributed by atoms with E-state index in [2.05, 4.69) is 21.9 Å². The van der Waals surface area contributed by atoms with Crippen LogP contribution >= 0.6 is 24.0 Å². The Morgan fingerprint density at radius 3 is 2.94 bits per heavy atom. The average molecular weight is 349 g/mol. The van der Waals surface area contributed by atoms with E-state index in [9.17, 15) is 0 Å². The molecule has 17 heavy (non-hydrogen) atoms. The van der Waals surface area contributed by atoms with Crippen molar-refractivity contribution in [2.24, 2.45) is 10.7 Å². The zero-order valence-electron chi connectivity index (χ0n) is 10.1. The van der Waals surface area contributed by atoms with Gasteiger partial charge in [0.05, 0.1) is 12.9 Å². The maximum Gasteiger partial charge on any atom is 0.188 e. The van der Waals surface area contributed by atoms with Gasteiger partial charge in [0.2, 0.25) is 0 Å². The summed E-state index contributed by atoms with van der Waals surface area (Å²) in [5, 5.41) is 3.05. The molecule has 0 atom stereocenters. The van der Waals surface area contributed by atoms with Gasteiger partial charge < -0.3 is 15.6 Å². The van der Waals surface area contributed by atoms with E-state index in [1.165, 1.54) is 0 Å². The van der Waals surface area contributed by atoms with Crippen LogP contribution in [0, 0.1) is 0 Å². The molecule has 0 aliphatic carbocycles. The number of guanidine groups is 1. The van der Waals surface area contributed by atoms with Crippen molar-refractivity contribution in [1.29, 1.82) is 0 Å². The standard InChI is InChI=1S/C11H19N5.HI/c1-10(2)8-15-11(12)14-4-3-6-16-7-5-13-9-16;/h5,7,9H,1,3-4,6,8H2,2H3,(H3,12,14,15);1H. The van der Waals surface area contributed by atoms with Gasteiger partial charge in [0.15, 0.2) is 5.96 Å². The van der Waals surface area contributed by atoms with Gasteiger partial charge in [0.1, 0.15) is 0 Å². The molecule has 1 heterocycles. The second-order valence-corrected chi connectivity index (χ2v) is 3.74. The number of nitrogens with zero attached hydrogens (tertiary/aromatic N) is 3. The van der Waals surface area contributed by atoms with Crippen molar-refractivity contribution in [1.82, 2.24) is 14.9 Å². The highest BCUT2D eigenvalue weighted by Crippen LogP contribution is 1.89. The molecule has 0 saturated heterocycles. The largest absolute Gasteiger partial charge is 0.370 e. The van der Waals surface area contributed by atoms with E-state index in [-0.39, 0.29) is 24.0 Å². The third-order valence-corrected chi connectivity index (χ3v) is 1.98. The molecule has 1 rings (SSSR count). The number of hydrogen-bond acceptors (Lipinski definition) is 2. The first-order valence-corrected chi connectivity index (χ1v) is 5.32. The fourth-order valence-corrected chi connectivity index (χ4v) is 1.17. The summed E-state index contributed by atoms with van der Waals surface area (Å²) in [7, 11) is 0. The van der Waals surface area contributed by atoms with Crippen LogP contribution in [0.3, 0.4) is 0 Å². The first-order chi connectivity index (χ1) is 7.68. The number of hydrogen-bond donors (Lipinski definition) is 2. The number of rotatable bonds is 6.